The normalized spacial score (nSPS) is 18.4. The van der Waals surface area contributed by atoms with Crippen LogP contribution in [0.3, 0.4) is 0 Å². The van der Waals surface area contributed by atoms with Crippen molar-refractivity contribution >= 4 is 15.9 Å². The molecule has 2 aromatic rings. The molecule has 0 aliphatic heterocycles. The minimum Gasteiger partial charge on any atom is -0.313 e. The molecule has 104 valence electrons. The second-order valence-corrected chi connectivity index (χ2v) is 5.96. The standard InChI is InChI=1S/C15H17BrN4/c1-17-12-4-2-3-5-13-11(12)9-19-15(20-13)14-7-6-10(16)8-18-14/h6-9,12,17H,2-5H2,1H3. The first-order valence-corrected chi connectivity index (χ1v) is 7.72. The lowest BCUT2D eigenvalue weighted by molar-refractivity contribution is 0.532. The average Bonchev–Trinajstić information content (AvgIpc) is 2.69. The molecular formula is C15H17BrN4. The van der Waals surface area contributed by atoms with Gasteiger partial charge in [0.2, 0.25) is 0 Å². The molecule has 1 aliphatic carbocycles. The van der Waals surface area contributed by atoms with Crippen molar-refractivity contribution in [1.29, 1.82) is 0 Å². The number of halogens is 1. The Labute approximate surface area is 127 Å². The second-order valence-electron chi connectivity index (χ2n) is 5.04. The molecule has 0 amide bonds. The molecule has 0 radical (unpaired) electrons. The van der Waals surface area contributed by atoms with Crippen LogP contribution in [-0.2, 0) is 6.42 Å². The van der Waals surface area contributed by atoms with Crippen molar-refractivity contribution in [2.75, 3.05) is 7.05 Å². The molecule has 4 nitrogen and oxygen atoms in total. The Morgan fingerprint density at radius 2 is 2.10 bits per heavy atom. The molecule has 2 heterocycles. The summed E-state index contributed by atoms with van der Waals surface area (Å²) >= 11 is 3.39. The van der Waals surface area contributed by atoms with Gasteiger partial charge in [0, 0.05) is 34.2 Å². The van der Waals surface area contributed by atoms with Crippen molar-refractivity contribution in [1.82, 2.24) is 20.3 Å². The number of fused-ring (bicyclic) bond motifs is 1. The molecule has 0 fully saturated rings. The van der Waals surface area contributed by atoms with Crippen LogP contribution in [0.1, 0.15) is 36.6 Å². The van der Waals surface area contributed by atoms with E-state index in [4.69, 9.17) is 4.98 Å². The second kappa shape index (κ2) is 5.97. The summed E-state index contributed by atoms with van der Waals surface area (Å²) in [5.74, 6) is 0.716. The predicted octanol–water partition coefficient (Wildman–Crippen LogP) is 3.29. The van der Waals surface area contributed by atoms with Crippen LogP contribution >= 0.6 is 15.9 Å². The average molecular weight is 333 g/mol. The number of nitrogens with one attached hydrogen (secondary N) is 1. The Hall–Kier alpha value is -1.33. The first-order valence-electron chi connectivity index (χ1n) is 6.93. The van der Waals surface area contributed by atoms with Crippen LogP contribution in [0.2, 0.25) is 0 Å². The van der Waals surface area contributed by atoms with Gasteiger partial charge >= 0.3 is 0 Å². The van der Waals surface area contributed by atoms with Gasteiger partial charge in [0.05, 0.1) is 0 Å². The van der Waals surface area contributed by atoms with E-state index in [1.165, 1.54) is 18.4 Å². The molecule has 0 aromatic carbocycles. The van der Waals surface area contributed by atoms with Gasteiger partial charge in [0.15, 0.2) is 5.82 Å². The molecule has 2 aromatic heterocycles. The molecular weight excluding hydrogens is 316 g/mol. The Kier molecular flexibility index (Phi) is 4.08. The highest BCUT2D eigenvalue weighted by molar-refractivity contribution is 9.10. The maximum absolute atomic E-state index is 4.74. The molecule has 0 saturated carbocycles. The van der Waals surface area contributed by atoms with Crippen LogP contribution in [0.15, 0.2) is 29.0 Å². The summed E-state index contributed by atoms with van der Waals surface area (Å²) in [5, 5.41) is 3.36. The zero-order valence-corrected chi connectivity index (χ0v) is 13.0. The quantitative estimate of drug-likeness (QED) is 0.857. The molecule has 1 atom stereocenters. The van der Waals surface area contributed by atoms with Crippen molar-refractivity contribution in [2.45, 2.75) is 31.7 Å². The van der Waals surface area contributed by atoms with Crippen LogP contribution in [-0.4, -0.2) is 22.0 Å². The molecule has 20 heavy (non-hydrogen) atoms. The van der Waals surface area contributed by atoms with Crippen molar-refractivity contribution < 1.29 is 0 Å². The van der Waals surface area contributed by atoms with E-state index in [9.17, 15) is 0 Å². The van der Waals surface area contributed by atoms with Gasteiger partial charge in [-0.3, -0.25) is 4.98 Å². The maximum atomic E-state index is 4.74. The van der Waals surface area contributed by atoms with E-state index in [0.717, 1.165) is 28.7 Å². The first-order chi connectivity index (χ1) is 9.78. The van der Waals surface area contributed by atoms with E-state index in [2.05, 4.69) is 31.2 Å². The summed E-state index contributed by atoms with van der Waals surface area (Å²) in [6.45, 7) is 0. The van der Waals surface area contributed by atoms with Gasteiger partial charge in [-0.25, -0.2) is 9.97 Å². The summed E-state index contributed by atoms with van der Waals surface area (Å²) in [7, 11) is 2.00. The van der Waals surface area contributed by atoms with Crippen LogP contribution in [0.4, 0.5) is 0 Å². The predicted molar refractivity (Wildman–Crippen MR) is 82.3 cm³/mol. The Balaban J connectivity index is 1.99. The van der Waals surface area contributed by atoms with E-state index < -0.39 is 0 Å². The smallest absolute Gasteiger partial charge is 0.178 e. The minimum absolute atomic E-state index is 0.374. The van der Waals surface area contributed by atoms with E-state index >= 15 is 0 Å². The lowest BCUT2D eigenvalue weighted by Crippen LogP contribution is -2.17. The van der Waals surface area contributed by atoms with Crippen molar-refractivity contribution in [3.05, 3.63) is 40.3 Å². The molecule has 1 aliphatic rings. The van der Waals surface area contributed by atoms with E-state index in [1.54, 1.807) is 6.20 Å². The van der Waals surface area contributed by atoms with Gasteiger partial charge in [-0.1, -0.05) is 6.42 Å². The minimum atomic E-state index is 0.374. The zero-order valence-electron chi connectivity index (χ0n) is 11.4. The largest absolute Gasteiger partial charge is 0.313 e. The number of rotatable bonds is 2. The molecule has 5 heteroatoms. The highest BCUT2D eigenvalue weighted by Gasteiger charge is 2.19. The summed E-state index contributed by atoms with van der Waals surface area (Å²) < 4.78 is 0.964. The fraction of sp³-hybridized carbons (Fsp3) is 0.400. The third kappa shape index (κ3) is 2.74. The third-order valence-corrected chi connectivity index (χ3v) is 4.21. The number of hydrogen-bond donors (Lipinski definition) is 1. The van der Waals surface area contributed by atoms with Crippen LogP contribution in [0.5, 0.6) is 0 Å². The van der Waals surface area contributed by atoms with Crippen molar-refractivity contribution in [2.24, 2.45) is 0 Å². The van der Waals surface area contributed by atoms with E-state index in [-0.39, 0.29) is 0 Å². The molecule has 0 saturated heterocycles. The number of pyridine rings is 1. The fourth-order valence-electron chi connectivity index (χ4n) is 2.65. The number of aromatic nitrogens is 3. The highest BCUT2D eigenvalue weighted by Crippen LogP contribution is 2.28. The van der Waals surface area contributed by atoms with E-state index in [1.807, 2.05) is 25.4 Å². The van der Waals surface area contributed by atoms with Gasteiger partial charge in [-0.2, -0.15) is 0 Å². The highest BCUT2D eigenvalue weighted by atomic mass is 79.9. The summed E-state index contributed by atoms with van der Waals surface area (Å²) in [6, 6.07) is 4.28. The van der Waals surface area contributed by atoms with Gasteiger partial charge in [0.1, 0.15) is 5.69 Å². The molecule has 1 N–H and O–H groups in total. The summed E-state index contributed by atoms with van der Waals surface area (Å²) in [5.41, 5.74) is 3.23. The molecule has 3 rings (SSSR count). The number of hydrogen-bond acceptors (Lipinski definition) is 4. The van der Waals surface area contributed by atoms with Gasteiger partial charge in [0.25, 0.3) is 0 Å². The fourth-order valence-corrected chi connectivity index (χ4v) is 2.88. The lowest BCUT2D eigenvalue weighted by atomic mass is 10.1. The maximum Gasteiger partial charge on any atom is 0.178 e. The summed E-state index contributed by atoms with van der Waals surface area (Å²) in [6.07, 6.45) is 8.35. The van der Waals surface area contributed by atoms with Crippen molar-refractivity contribution in [3.63, 3.8) is 0 Å². The Morgan fingerprint density at radius 3 is 2.85 bits per heavy atom. The lowest BCUT2D eigenvalue weighted by Gasteiger charge is -2.16. The zero-order chi connectivity index (χ0) is 13.9. The number of aryl methyl sites for hydroxylation is 1. The molecule has 1 unspecified atom stereocenters. The third-order valence-electron chi connectivity index (χ3n) is 3.74. The van der Waals surface area contributed by atoms with Crippen LogP contribution in [0.25, 0.3) is 11.5 Å². The van der Waals surface area contributed by atoms with E-state index in [0.29, 0.717) is 11.9 Å². The van der Waals surface area contributed by atoms with Crippen molar-refractivity contribution in [3.8, 4) is 11.5 Å². The Bertz CT molecular complexity index is 597. The molecule has 0 spiro atoms. The Morgan fingerprint density at radius 1 is 1.20 bits per heavy atom. The van der Waals surface area contributed by atoms with Crippen LogP contribution < -0.4 is 5.32 Å². The van der Waals surface area contributed by atoms with Gasteiger partial charge < -0.3 is 5.32 Å². The first kappa shape index (κ1) is 13.6. The molecule has 0 bridgehead atoms. The summed E-state index contributed by atoms with van der Waals surface area (Å²) in [4.78, 5) is 13.6. The topological polar surface area (TPSA) is 50.7 Å². The van der Waals surface area contributed by atoms with Crippen LogP contribution in [0, 0.1) is 0 Å². The monoisotopic (exact) mass is 332 g/mol. The SMILES string of the molecule is CNC1CCCCc2nc(-c3ccc(Br)cn3)ncc21. The van der Waals surface area contributed by atoms with Gasteiger partial charge in [-0.15, -0.1) is 0 Å². The van der Waals surface area contributed by atoms with Gasteiger partial charge in [-0.05, 0) is 54.4 Å². The number of nitrogens with zero attached hydrogens (tertiary/aromatic N) is 3.